The molecule has 7 heteroatoms. The normalized spacial score (nSPS) is 21.1. The van der Waals surface area contributed by atoms with Gasteiger partial charge < -0.3 is 11.1 Å². The quantitative estimate of drug-likeness (QED) is 0.867. The molecular formula is C17H25N3O3S. The van der Waals surface area contributed by atoms with E-state index < -0.39 is 15.6 Å². The van der Waals surface area contributed by atoms with E-state index in [1.807, 2.05) is 0 Å². The highest BCUT2D eigenvalue weighted by atomic mass is 32.2. The van der Waals surface area contributed by atoms with E-state index in [2.05, 4.69) is 5.32 Å². The molecule has 1 heterocycles. The molecule has 132 valence electrons. The molecule has 0 aromatic heterocycles. The third kappa shape index (κ3) is 3.48. The zero-order valence-corrected chi connectivity index (χ0v) is 14.9. The van der Waals surface area contributed by atoms with E-state index in [9.17, 15) is 13.2 Å². The Kier molecular flexibility index (Phi) is 4.68. The average molecular weight is 351 g/mol. The van der Waals surface area contributed by atoms with Crippen LogP contribution in [0.3, 0.4) is 0 Å². The van der Waals surface area contributed by atoms with Crippen LogP contribution in [0.1, 0.15) is 44.1 Å². The number of hydrogen-bond acceptors (Lipinski definition) is 4. The van der Waals surface area contributed by atoms with Crippen LogP contribution < -0.4 is 11.1 Å². The van der Waals surface area contributed by atoms with Gasteiger partial charge in [-0.1, -0.05) is 18.9 Å². The molecule has 1 aliphatic heterocycles. The largest absolute Gasteiger partial charge is 0.324 e. The second kappa shape index (κ2) is 6.46. The Hall–Kier alpha value is -1.44. The fourth-order valence-corrected chi connectivity index (χ4v) is 4.76. The molecule has 3 N–H and O–H groups in total. The summed E-state index contributed by atoms with van der Waals surface area (Å²) in [4.78, 5) is 12.4. The summed E-state index contributed by atoms with van der Waals surface area (Å²) in [5, 5.41) is 2.75. The van der Waals surface area contributed by atoms with E-state index in [1.165, 1.54) is 0 Å². The molecule has 6 nitrogen and oxygen atoms in total. The van der Waals surface area contributed by atoms with E-state index in [4.69, 9.17) is 5.73 Å². The van der Waals surface area contributed by atoms with Gasteiger partial charge >= 0.3 is 0 Å². The van der Waals surface area contributed by atoms with Gasteiger partial charge in [0.25, 0.3) is 0 Å². The lowest BCUT2D eigenvalue weighted by atomic mass is 10.2. The molecule has 0 radical (unpaired) electrons. The monoisotopic (exact) mass is 351 g/mol. The minimum atomic E-state index is -3.54. The molecule has 3 rings (SSSR count). The summed E-state index contributed by atoms with van der Waals surface area (Å²) in [5.41, 5.74) is 6.27. The van der Waals surface area contributed by atoms with Crippen LogP contribution in [0.15, 0.2) is 23.1 Å². The Morgan fingerprint density at radius 1 is 1.17 bits per heavy atom. The van der Waals surface area contributed by atoms with Crippen molar-refractivity contribution in [2.75, 3.05) is 18.4 Å². The first-order valence-corrected chi connectivity index (χ1v) is 9.98. The number of aryl methyl sites for hydroxylation is 1. The number of rotatable bonds is 4. The molecule has 1 saturated heterocycles. The van der Waals surface area contributed by atoms with Gasteiger partial charge in [-0.15, -0.1) is 0 Å². The molecule has 0 spiro atoms. The van der Waals surface area contributed by atoms with Crippen molar-refractivity contribution in [1.29, 1.82) is 0 Å². The fraction of sp³-hybridized carbons (Fsp3) is 0.588. The maximum atomic E-state index is 13.0. The molecule has 0 bridgehead atoms. The van der Waals surface area contributed by atoms with Gasteiger partial charge in [0.1, 0.15) is 0 Å². The minimum Gasteiger partial charge on any atom is -0.324 e. The fourth-order valence-electron chi connectivity index (χ4n) is 2.99. The number of nitrogens with zero attached hydrogens (tertiary/aromatic N) is 1. The van der Waals surface area contributed by atoms with Crippen molar-refractivity contribution in [1.82, 2.24) is 4.31 Å². The van der Waals surface area contributed by atoms with Crippen molar-refractivity contribution in [3.05, 3.63) is 23.8 Å². The number of benzene rings is 1. The van der Waals surface area contributed by atoms with Gasteiger partial charge in [-0.3, -0.25) is 4.79 Å². The second-order valence-corrected chi connectivity index (χ2v) is 8.82. The highest BCUT2D eigenvalue weighted by Gasteiger charge is 2.46. The van der Waals surface area contributed by atoms with Crippen LogP contribution in [0.4, 0.5) is 5.69 Å². The lowest BCUT2D eigenvalue weighted by Crippen LogP contribution is -2.38. The molecule has 2 fully saturated rings. The maximum Gasteiger partial charge on any atom is 0.244 e. The van der Waals surface area contributed by atoms with Gasteiger partial charge in [0.2, 0.25) is 15.9 Å². The summed E-state index contributed by atoms with van der Waals surface area (Å²) >= 11 is 0. The van der Waals surface area contributed by atoms with Crippen LogP contribution in [0.25, 0.3) is 0 Å². The summed E-state index contributed by atoms with van der Waals surface area (Å²) in [6, 6.07) is 5.01. The van der Waals surface area contributed by atoms with E-state index in [0.29, 0.717) is 37.2 Å². The van der Waals surface area contributed by atoms with Crippen LogP contribution in [0.5, 0.6) is 0 Å². The lowest BCUT2D eigenvalue weighted by molar-refractivity contribution is -0.118. The highest BCUT2D eigenvalue weighted by Crippen LogP contribution is 2.34. The minimum absolute atomic E-state index is 0.246. The van der Waals surface area contributed by atoms with Crippen molar-refractivity contribution in [3.8, 4) is 0 Å². The molecule has 2 aliphatic rings. The predicted octanol–water partition coefficient (Wildman–Crippen LogP) is 1.99. The van der Waals surface area contributed by atoms with Crippen LogP contribution in [0.2, 0.25) is 0 Å². The van der Waals surface area contributed by atoms with Crippen molar-refractivity contribution in [2.24, 2.45) is 5.73 Å². The van der Waals surface area contributed by atoms with E-state index in [0.717, 1.165) is 25.7 Å². The van der Waals surface area contributed by atoms with Crippen LogP contribution in [-0.2, 0) is 14.8 Å². The number of amides is 1. The Morgan fingerprint density at radius 2 is 1.79 bits per heavy atom. The third-order valence-electron chi connectivity index (χ3n) is 4.87. The average Bonchev–Trinajstić information content (AvgIpc) is 3.33. The standard InChI is InChI=1S/C17H25N3O3S/c1-13-6-7-14(19-16(21)17(18)8-9-17)12-15(13)24(22,23)20-10-4-2-3-5-11-20/h6-7,12H,2-5,8-11,18H2,1H3,(H,19,21). The second-order valence-electron chi connectivity index (χ2n) is 6.91. The van der Waals surface area contributed by atoms with Crippen molar-refractivity contribution >= 4 is 21.6 Å². The molecule has 24 heavy (non-hydrogen) atoms. The first kappa shape index (κ1) is 17.4. The Balaban J connectivity index is 1.86. The zero-order chi connectivity index (χ0) is 17.4. The van der Waals surface area contributed by atoms with Gasteiger partial charge in [-0.25, -0.2) is 8.42 Å². The molecule has 0 unspecified atom stereocenters. The molecule has 1 aromatic carbocycles. The topological polar surface area (TPSA) is 92.5 Å². The number of sulfonamides is 1. The van der Waals surface area contributed by atoms with Gasteiger partial charge in [0, 0.05) is 18.8 Å². The number of carbonyl (C=O) groups excluding carboxylic acids is 1. The Labute approximate surface area is 143 Å². The van der Waals surface area contributed by atoms with Gasteiger partial charge in [-0.2, -0.15) is 4.31 Å². The Bertz CT molecular complexity index is 733. The Morgan fingerprint density at radius 3 is 2.38 bits per heavy atom. The molecule has 1 aliphatic carbocycles. The SMILES string of the molecule is Cc1ccc(NC(=O)C2(N)CC2)cc1S(=O)(=O)N1CCCCCC1. The van der Waals surface area contributed by atoms with Crippen molar-refractivity contribution in [2.45, 2.75) is 55.9 Å². The number of nitrogens with two attached hydrogens (primary N) is 1. The van der Waals surface area contributed by atoms with Crippen LogP contribution in [0, 0.1) is 6.92 Å². The van der Waals surface area contributed by atoms with Crippen molar-refractivity contribution in [3.63, 3.8) is 0 Å². The zero-order valence-electron chi connectivity index (χ0n) is 14.0. The van der Waals surface area contributed by atoms with Crippen molar-refractivity contribution < 1.29 is 13.2 Å². The van der Waals surface area contributed by atoms with E-state index in [-0.39, 0.29) is 10.8 Å². The molecule has 1 saturated carbocycles. The third-order valence-corrected chi connectivity index (χ3v) is 6.91. The molecule has 1 aromatic rings. The van der Waals surface area contributed by atoms with Crippen LogP contribution >= 0.6 is 0 Å². The van der Waals surface area contributed by atoms with Gasteiger partial charge in [-0.05, 0) is 50.3 Å². The van der Waals surface area contributed by atoms with Gasteiger partial charge in [0.05, 0.1) is 10.4 Å². The smallest absolute Gasteiger partial charge is 0.244 e. The van der Waals surface area contributed by atoms with Crippen LogP contribution in [-0.4, -0.2) is 37.3 Å². The van der Waals surface area contributed by atoms with Gasteiger partial charge in [0.15, 0.2) is 0 Å². The lowest BCUT2D eigenvalue weighted by Gasteiger charge is -2.21. The molecule has 1 amide bonds. The molecular weight excluding hydrogens is 326 g/mol. The summed E-state index contributed by atoms with van der Waals surface area (Å²) in [7, 11) is -3.54. The summed E-state index contributed by atoms with van der Waals surface area (Å²) in [6.07, 6.45) is 5.27. The first-order chi connectivity index (χ1) is 11.3. The highest BCUT2D eigenvalue weighted by molar-refractivity contribution is 7.89. The number of anilines is 1. The molecule has 0 atom stereocenters. The number of carbonyl (C=O) groups is 1. The number of hydrogen-bond donors (Lipinski definition) is 2. The van der Waals surface area contributed by atoms with E-state index in [1.54, 1.807) is 29.4 Å². The van der Waals surface area contributed by atoms with E-state index >= 15 is 0 Å². The summed E-state index contributed by atoms with van der Waals surface area (Å²) in [6.45, 7) is 2.90. The summed E-state index contributed by atoms with van der Waals surface area (Å²) in [5.74, 6) is -0.246. The number of nitrogens with one attached hydrogen (secondary N) is 1. The first-order valence-electron chi connectivity index (χ1n) is 8.54. The predicted molar refractivity (Wildman–Crippen MR) is 93.2 cm³/mol. The summed E-state index contributed by atoms with van der Waals surface area (Å²) < 4.78 is 27.6. The maximum absolute atomic E-state index is 13.0.